The van der Waals surface area contributed by atoms with Gasteiger partial charge < -0.3 is 21.7 Å². The molecule has 0 aliphatic carbocycles. The van der Waals surface area contributed by atoms with E-state index in [2.05, 4.69) is 24.3 Å². The monoisotopic (exact) mass is 250 g/mol. The van der Waals surface area contributed by atoms with Crippen LogP contribution in [-0.2, 0) is 0 Å². The molecule has 0 saturated carbocycles. The molecule has 0 aliphatic rings. The van der Waals surface area contributed by atoms with E-state index in [0.29, 0.717) is 0 Å². The van der Waals surface area contributed by atoms with Gasteiger partial charge in [-0.25, -0.2) is 0 Å². The molecular weight excluding hydrogens is 235 g/mol. The first-order chi connectivity index (χ1) is 7.72. The maximum absolute atomic E-state index is 9.75. The summed E-state index contributed by atoms with van der Waals surface area (Å²) < 4.78 is 43.3. The first kappa shape index (κ1) is 15.5. The van der Waals surface area contributed by atoms with Crippen molar-refractivity contribution in [3.8, 4) is 0 Å². The van der Waals surface area contributed by atoms with Crippen LogP contribution in [0.1, 0.15) is 16.9 Å². The molecule has 6 heteroatoms. The molecule has 1 aromatic rings. The van der Waals surface area contributed by atoms with E-state index in [1.54, 1.807) is 0 Å². The van der Waals surface area contributed by atoms with Crippen molar-refractivity contribution in [2.24, 2.45) is 0 Å². The highest BCUT2D eigenvalue weighted by Gasteiger charge is 2.20. The van der Waals surface area contributed by atoms with Crippen LogP contribution in [-0.4, -0.2) is 7.25 Å². The summed E-state index contributed by atoms with van der Waals surface area (Å²) in [7, 11) is -6.00. The summed E-state index contributed by atoms with van der Waals surface area (Å²) in [5.41, 5.74) is 2.53. The van der Waals surface area contributed by atoms with E-state index in [-0.39, 0.29) is 0 Å². The van der Waals surface area contributed by atoms with Crippen molar-refractivity contribution in [2.45, 2.75) is 20.8 Å². The zero-order valence-electron chi connectivity index (χ0n) is 9.92. The Kier molecular flexibility index (Phi) is 6.39. The Labute approximate surface area is 97.9 Å². The number of hydrogen-bond donors (Lipinski definition) is 0. The molecule has 0 saturated heterocycles. The fourth-order valence-electron chi connectivity index (χ4n) is 0.976. The molecule has 96 valence electrons. The van der Waals surface area contributed by atoms with Gasteiger partial charge in [-0.2, -0.15) is 0 Å². The van der Waals surface area contributed by atoms with Crippen LogP contribution in [0.4, 0.5) is 17.3 Å². The summed E-state index contributed by atoms with van der Waals surface area (Å²) in [6.45, 7) is 6.23. The maximum Gasteiger partial charge on any atom is 0.673 e. The minimum absolute atomic E-state index is 1.09. The lowest BCUT2D eigenvalue weighted by Gasteiger charge is -1.94. The smallest absolute Gasteiger partial charge is 0.555 e. The lowest BCUT2D eigenvalue weighted by molar-refractivity contribution is 0.368. The molecule has 1 aromatic heterocycles. The minimum Gasteiger partial charge on any atom is -0.555 e. The fraction of sp³-hybridized carbons (Fsp3) is 0.273. The van der Waals surface area contributed by atoms with Gasteiger partial charge in [0.2, 0.25) is 12.0 Å². The number of halogens is 4. The molecular formula is C11H15BF4O. The van der Waals surface area contributed by atoms with Gasteiger partial charge in [0.05, 0.1) is 0 Å². The van der Waals surface area contributed by atoms with Gasteiger partial charge in [-0.15, -0.1) is 0 Å². The standard InChI is InChI=1S/C11H14O.BF4/c1-9-7-5-4-6-8-12-11(3)10(9)2;2-1(3,4)5/h4-8H,1-3H3;/q;-1/p+1. The topological polar surface area (TPSA) is 12.8 Å². The molecule has 0 unspecified atom stereocenters. The number of aryl methyl sites for hydroxylation is 2. The summed E-state index contributed by atoms with van der Waals surface area (Å²) in [6.07, 6.45) is 1.82. The molecule has 0 bridgehead atoms. The maximum atomic E-state index is 9.75. The third kappa shape index (κ3) is 9.47. The molecule has 0 aromatic carbocycles. The van der Waals surface area contributed by atoms with Crippen molar-refractivity contribution in [1.82, 2.24) is 0 Å². The second-order valence-electron chi connectivity index (χ2n) is 3.41. The molecule has 1 nitrogen and oxygen atoms in total. The van der Waals surface area contributed by atoms with E-state index in [1.807, 2.05) is 31.4 Å². The summed E-state index contributed by atoms with van der Waals surface area (Å²) in [6, 6.07) is 8.05. The van der Waals surface area contributed by atoms with E-state index >= 15 is 0 Å². The molecule has 0 aliphatic heterocycles. The van der Waals surface area contributed by atoms with Crippen molar-refractivity contribution in [2.75, 3.05) is 0 Å². The predicted molar refractivity (Wildman–Crippen MR) is 61.8 cm³/mol. The van der Waals surface area contributed by atoms with Crippen LogP contribution in [0.25, 0.3) is 0 Å². The van der Waals surface area contributed by atoms with E-state index in [4.69, 9.17) is 0 Å². The van der Waals surface area contributed by atoms with Crippen LogP contribution < -0.4 is 0 Å². The van der Waals surface area contributed by atoms with Crippen LogP contribution in [0.3, 0.4) is 0 Å². The van der Waals surface area contributed by atoms with Crippen molar-refractivity contribution in [3.05, 3.63) is 47.4 Å². The van der Waals surface area contributed by atoms with E-state index in [0.717, 1.165) is 5.76 Å². The van der Waals surface area contributed by atoms with Crippen molar-refractivity contribution < 1.29 is 21.7 Å². The molecule has 0 radical (unpaired) electrons. The Morgan fingerprint density at radius 2 is 1.47 bits per heavy atom. The Balaban J connectivity index is 0.000000437. The van der Waals surface area contributed by atoms with Gasteiger partial charge in [-0.1, -0.05) is 18.2 Å². The Morgan fingerprint density at radius 1 is 0.941 bits per heavy atom. The van der Waals surface area contributed by atoms with Gasteiger partial charge in [-0.3, -0.25) is 0 Å². The lowest BCUT2D eigenvalue weighted by Crippen LogP contribution is -2.02. The molecule has 1 heterocycles. The Morgan fingerprint density at radius 3 is 2.00 bits per heavy atom. The van der Waals surface area contributed by atoms with E-state index < -0.39 is 7.25 Å². The first-order valence-corrected chi connectivity index (χ1v) is 4.98. The second kappa shape index (κ2) is 6.99. The first-order valence-electron chi connectivity index (χ1n) is 4.98. The molecule has 0 atom stereocenters. The molecule has 0 amide bonds. The molecule has 1 rings (SSSR count). The van der Waals surface area contributed by atoms with Gasteiger partial charge >= 0.3 is 7.25 Å². The quantitative estimate of drug-likeness (QED) is 0.358. The zero-order chi connectivity index (χ0) is 13.5. The van der Waals surface area contributed by atoms with Crippen LogP contribution in [0.2, 0.25) is 0 Å². The third-order valence-electron chi connectivity index (χ3n) is 2.06. The van der Waals surface area contributed by atoms with E-state index in [1.165, 1.54) is 11.1 Å². The second-order valence-corrected chi connectivity index (χ2v) is 3.41. The lowest BCUT2D eigenvalue weighted by atomic mass is 10.1. The van der Waals surface area contributed by atoms with Gasteiger partial charge in [0.25, 0.3) is 0 Å². The molecule has 0 spiro atoms. The van der Waals surface area contributed by atoms with Crippen molar-refractivity contribution in [1.29, 1.82) is 0 Å². The Bertz CT molecular complexity index is 361. The summed E-state index contributed by atoms with van der Waals surface area (Å²) in [5, 5.41) is 0. The summed E-state index contributed by atoms with van der Waals surface area (Å²) >= 11 is 0. The minimum atomic E-state index is -6.00. The number of hydrogen-bond acceptors (Lipinski definition) is 0. The Hall–Kier alpha value is -1.46. The normalized spacial score (nSPS) is 10.1. The van der Waals surface area contributed by atoms with Crippen LogP contribution >= 0.6 is 0 Å². The van der Waals surface area contributed by atoms with E-state index in [9.17, 15) is 17.3 Å². The van der Waals surface area contributed by atoms with Gasteiger partial charge in [0, 0.05) is 18.6 Å². The van der Waals surface area contributed by atoms with Gasteiger partial charge in [0.15, 0.2) is 0 Å². The average molecular weight is 250 g/mol. The molecule has 17 heavy (non-hydrogen) atoms. The van der Waals surface area contributed by atoms with Crippen LogP contribution in [0, 0.1) is 20.8 Å². The van der Waals surface area contributed by atoms with Crippen LogP contribution in [0.5, 0.6) is 0 Å². The zero-order valence-corrected chi connectivity index (χ0v) is 9.92. The van der Waals surface area contributed by atoms with Crippen LogP contribution in [0.15, 0.2) is 34.9 Å². The highest BCUT2D eigenvalue weighted by Crippen LogP contribution is 2.07. The van der Waals surface area contributed by atoms with Crippen molar-refractivity contribution in [3.63, 3.8) is 0 Å². The fourth-order valence-corrected chi connectivity index (χ4v) is 0.976. The van der Waals surface area contributed by atoms with Crippen molar-refractivity contribution >= 4 is 7.25 Å². The molecule has 1 N–H and O–H groups in total. The highest BCUT2D eigenvalue weighted by atomic mass is 19.5. The molecule has 0 fully saturated rings. The number of rotatable bonds is 0. The highest BCUT2D eigenvalue weighted by molar-refractivity contribution is 6.50. The SMILES string of the molecule is Cc1ccccc[oH+]c(C)c1C.F[B-](F)(F)F. The van der Waals surface area contributed by atoms with Gasteiger partial charge in [0.1, 0.15) is 0 Å². The average Bonchev–Trinajstić information content (AvgIpc) is 2.23. The summed E-state index contributed by atoms with van der Waals surface area (Å²) in [5.74, 6) is 1.09. The predicted octanol–water partition coefficient (Wildman–Crippen LogP) is 4.74. The third-order valence-corrected chi connectivity index (χ3v) is 2.06. The largest absolute Gasteiger partial charge is 0.673 e. The van der Waals surface area contributed by atoms with Gasteiger partial charge in [-0.05, 0) is 19.4 Å². The summed E-state index contributed by atoms with van der Waals surface area (Å²) in [4.78, 5) is 0.